The molecule has 6 nitrogen and oxygen atoms in total. The van der Waals surface area contributed by atoms with Crippen LogP contribution in [-0.2, 0) is 22.6 Å². The Kier molecular flexibility index (Phi) is 5.48. The lowest BCUT2D eigenvalue weighted by Crippen LogP contribution is -2.30. The van der Waals surface area contributed by atoms with Crippen LogP contribution in [0.15, 0.2) is 48.7 Å². The average Bonchev–Trinajstić information content (AvgIpc) is 2.53. The molecule has 6 heteroatoms. The standard InChI is InChI=1S/C16H16N2O4/c19-15(18-10-16(20)21)9-12-4-6-14(7-5-12)22-11-13-3-1-2-8-17-13/h1-8H,9-11H2,(H,18,19)(H,20,21). The Balaban J connectivity index is 1.82. The molecule has 2 rings (SSSR count). The van der Waals surface area contributed by atoms with Crippen LogP contribution < -0.4 is 10.1 Å². The minimum absolute atomic E-state index is 0.133. The molecule has 0 radical (unpaired) electrons. The molecule has 0 bridgehead atoms. The van der Waals surface area contributed by atoms with Crippen molar-refractivity contribution in [3.63, 3.8) is 0 Å². The van der Waals surface area contributed by atoms with E-state index >= 15 is 0 Å². The minimum atomic E-state index is -1.06. The van der Waals surface area contributed by atoms with Crippen molar-refractivity contribution < 1.29 is 19.4 Å². The van der Waals surface area contributed by atoms with Crippen molar-refractivity contribution in [1.82, 2.24) is 10.3 Å². The molecule has 0 aliphatic carbocycles. The maximum absolute atomic E-state index is 11.5. The number of benzene rings is 1. The van der Waals surface area contributed by atoms with Gasteiger partial charge in [0, 0.05) is 6.20 Å². The SMILES string of the molecule is O=C(O)CNC(=O)Cc1ccc(OCc2ccccn2)cc1. The van der Waals surface area contributed by atoms with E-state index in [9.17, 15) is 9.59 Å². The zero-order valence-corrected chi connectivity index (χ0v) is 11.9. The molecule has 22 heavy (non-hydrogen) atoms. The molecule has 0 saturated carbocycles. The first-order valence-corrected chi connectivity index (χ1v) is 6.73. The topological polar surface area (TPSA) is 88.5 Å². The van der Waals surface area contributed by atoms with Gasteiger partial charge in [0.25, 0.3) is 0 Å². The third-order valence-corrected chi connectivity index (χ3v) is 2.84. The van der Waals surface area contributed by atoms with Crippen LogP contribution in [0.5, 0.6) is 5.75 Å². The number of amides is 1. The van der Waals surface area contributed by atoms with Gasteiger partial charge in [0.05, 0.1) is 12.1 Å². The Morgan fingerprint density at radius 2 is 1.91 bits per heavy atom. The van der Waals surface area contributed by atoms with E-state index in [2.05, 4.69) is 10.3 Å². The Morgan fingerprint density at radius 3 is 2.55 bits per heavy atom. The number of carboxylic acids is 1. The molecule has 0 fully saturated rings. The van der Waals surface area contributed by atoms with Crippen LogP contribution in [-0.4, -0.2) is 28.5 Å². The van der Waals surface area contributed by atoms with E-state index in [1.165, 1.54) is 0 Å². The highest BCUT2D eigenvalue weighted by Crippen LogP contribution is 2.14. The molecule has 0 unspecified atom stereocenters. The number of aliphatic carboxylic acids is 1. The van der Waals surface area contributed by atoms with Crippen LogP contribution in [0.2, 0.25) is 0 Å². The predicted molar refractivity (Wildman–Crippen MR) is 79.4 cm³/mol. The third kappa shape index (κ3) is 5.24. The van der Waals surface area contributed by atoms with E-state index in [0.717, 1.165) is 11.3 Å². The van der Waals surface area contributed by atoms with Gasteiger partial charge in [-0.05, 0) is 29.8 Å². The number of ether oxygens (including phenoxy) is 1. The lowest BCUT2D eigenvalue weighted by molar-refractivity contribution is -0.137. The number of pyridine rings is 1. The molecule has 0 aliphatic heterocycles. The molecule has 1 amide bonds. The van der Waals surface area contributed by atoms with Gasteiger partial charge in [0.2, 0.25) is 5.91 Å². The van der Waals surface area contributed by atoms with Gasteiger partial charge in [-0.3, -0.25) is 14.6 Å². The van der Waals surface area contributed by atoms with Gasteiger partial charge in [0.15, 0.2) is 0 Å². The van der Waals surface area contributed by atoms with Crippen LogP contribution in [0.1, 0.15) is 11.3 Å². The van der Waals surface area contributed by atoms with Gasteiger partial charge in [-0.1, -0.05) is 18.2 Å². The number of aromatic nitrogens is 1. The summed E-state index contributed by atoms with van der Waals surface area (Å²) in [6.45, 7) is 0.00336. The summed E-state index contributed by atoms with van der Waals surface area (Å²) in [5.41, 5.74) is 1.62. The summed E-state index contributed by atoms with van der Waals surface area (Å²) >= 11 is 0. The van der Waals surface area contributed by atoms with Gasteiger partial charge in [-0.2, -0.15) is 0 Å². The Hall–Kier alpha value is -2.89. The lowest BCUT2D eigenvalue weighted by Gasteiger charge is -2.07. The lowest BCUT2D eigenvalue weighted by atomic mass is 10.1. The maximum Gasteiger partial charge on any atom is 0.322 e. The molecule has 1 aromatic heterocycles. The van der Waals surface area contributed by atoms with E-state index < -0.39 is 5.97 Å². The summed E-state index contributed by atoms with van der Waals surface area (Å²) < 4.78 is 5.59. The van der Waals surface area contributed by atoms with E-state index in [-0.39, 0.29) is 18.9 Å². The Labute approximate surface area is 127 Å². The molecule has 2 N–H and O–H groups in total. The summed E-state index contributed by atoms with van der Waals surface area (Å²) in [5.74, 6) is -0.712. The summed E-state index contributed by atoms with van der Waals surface area (Å²) in [6.07, 6.45) is 1.84. The van der Waals surface area contributed by atoms with Crippen molar-refractivity contribution in [3.8, 4) is 5.75 Å². The van der Waals surface area contributed by atoms with Gasteiger partial charge >= 0.3 is 5.97 Å². The maximum atomic E-state index is 11.5. The number of carbonyl (C=O) groups excluding carboxylic acids is 1. The van der Waals surface area contributed by atoms with Crippen molar-refractivity contribution >= 4 is 11.9 Å². The van der Waals surface area contributed by atoms with Gasteiger partial charge in [-0.15, -0.1) is 0 Å². The van der Waals surface area contributed by atoms with E-state index in [0.29, 0.717) is 12.4 Å². The minimum Gasteiger partial charge on any atom is -0.487 e. The summed E-state index contributed by atoms with van der Waals surface area (Å²) in [6, 6.07) is 12.7. The molecular formula is C16H16N2O4. The van der Waals surface area contributed by atoms with Gasteiger partial charge in [0.1, 0.15) is 18.9 Å². The second-order valence-corrected chi connectivity index (χ2v) is 4.60. The first kappa shape index (κ1) is 15.5. The highest BCUT2D eigenvalue weighted by Gasteiger charge is 2.05. The van der Waals surface area contributed by atoms with Gasteiger partial charge < -0.3 is 15.2 Å². The van der Waals surface area contributed by atoms with Crippen molar-refractivity contribution in [2.75, 3.05) is 6.54 Å². The summed E-state index contributed by atoms with van der Waals surface area (Å²) in [4.78, 5) is 26.0. The summed E-state index contributed by atoms with van der Waals surface area (Å²) in [7, 11) is 0. The number of nitrogens with zero attached hydrogens (tertiary/aromatic N) is 1. The van der Waals surface area contributed by atoms with Gasteiger partial charge in [-0.25, -0.2) is 0 Å². The highest BCUT2D eigenvalue weighted by molar-refractivity contribution is 5.82. The fourth-order valence-corrected chi connectivity index (χ4v) is 1.77. The monoisotopic (exact) mass is 300 g/mol. The molecular weight excluding hydrogens is 284 g/mol. The van der Waals surface area contributed by atoms with Crippen LogP contribution in [0.3, 0.4) is 0 Å². The summed E-state index contributed by atoms with van der Waals surface area (Å²) in [5, 5.41) is 10.8. The van der Waals surface area contributed by atoms with Crippen molar-refractivity contribution in [2.45, 2.75) is 13.0 Å². The molecule has 0 aliphatic rings. The zero-order valence-electron chi connectivity index (χ0n) is 11.9. The van der Waals surface area contributed by atoms with Crippen molar-refractivity contribution in [3.05, 3.63) is 59.9 Å². The molecule has 0 spiro atoms. The predicted octanol–water partition coefficient (Wildman–Crippen LogP) is 1.40. The second kappa shape index (κ2) is 7.78. The number of hydrogen-bond donors (Lipinski definition) is 2. The largest absolute Gasteiger partial charge is 0.487 e. The van der Waals surface area contributed by atoms with E-state index in [4.69, 9.17) is 9.84 Å². The normalized spacial score (nSPS) is 10.0. The van der Waals surface area contributed by atoms with Crippen molar-refractivity contribution in [2.24, 2.45) is 0 Å². The smallest absolute Gasteiger partial charge is 0.322 e. The second-order valence-electron chi connectivity index (χ2n) is 4.60. The highest BCUT2D eigenvalue weighted by atomic mass is 16.5. The molecule has 1 heterocycles. The molecule has 0 saturated heterocycles. The number of carboxylic acid groups (broad SMARTS) is 1. The number of carbonyl (C=O) groups is 2. The van der Waals surface area contributed by atoms with Crippen LogP contribution in [0.25, 0.3) is 0 Å². The van der Waals surface area contributed by atoms with Crippen LogP contribution >= 0.6 is 0 Å². The molecule has 114 valence electrons. The Bertz CT molecular complexity index is 626. The molecule has 1 aromatic carbocycles. The zero-order chi connectivity index (χ0) is 15.8. The number of rotatable bonds is 7. The fraction of sp³-hybridized carbons (Fsp3) is 0.188. The Morgan fingerprint density at radius 1 is 1.14 bits per heavy atom. The molecule has 0 atom stereocenters. The first-order valence-electron chi connectivity index (χ1n) is 6.73. The van der Waals surface area contributed by atoms with E-state index in [1.807, 2.05) is 18.2 Å². The number of nitrogens with one attached hydrogen (secondary N) is 1. The number of hydrogen-bond acceptors (Lipinski definition) is 4. The van der Waals surface area contributed by atoms with Crippen molar-refractivity contribution in [1.29, 1.82) is 0 Å². The van der Waals surface area contributed by atoms with Crippen LogP contribution in [0.4, 0.5) is 0 Å². The quantitative estimate of drug-likeness (QED) is 0.807. The fourth-order valence-electron chi connectivity index (χ4n) is 1.77. The molecule has 2 aromatic rings. The van der Waals surface area contributed by atoms with E-state index in [1.54, 1.807) is 30.5 Å². The third-order valence-electron chi connectivity index (χ3n) is 2.84. The van der Waals surface area contributed by atoms with Crippen LogP contribution in [0, 0.1) is 0 Å². The average molecular weight is 300 g/mol. The first-order chi connectivity index (χ1) is 10.6.